The molecule has 0 saturated carbocycles. The van der Waals surface area contributed by atoms with Gasteiger partial charge in [-0.2, -0.15) is 17.6 Å². The van der Waals surface area contributed by atoms with Crippen LogP contribution in [0.25, 0.3) is 0 Å². The zero-order valence-corrected chi connectivity index (χ0v) is 12.8. The van der Waals surface area contributed by atoms with Gasteiger partial charge in [0.15, 0.2) is 0 Å². The van der Waals surface area contributed by atoms with Crippen molar-refractivity contribution < 1.29 is 13.2 Å². The Hall–Kier alpha value is -1.82. The Morgan fingerprint density at radius 2 is 2.00 bits per heavy atom. The van der Waals surface area contributed by atoms with Crippen molar-refractivity contribution in [3.05, 3.63) is 41.7 Å². The standard InChI is InChI=1S/C14H18N2O3S/c1-10(2)12-9-14(11(3)8-13(12)19-4)20(17,18)16-7-5-6-15-16/h5-10H,1-4H3. The van der Waals surface area contributed by atoms with Gasteiger partial charge in [-0.05, 0) is 42.2 Å². The molecular formula is C14H18N2O3S. The van der Waals surface area contributed by atoms with Crippen LogP contribution < -0.4 is 4.74 Å². The summed E-state index contributed by atoms with van der Waals surface area (Å²) in [5.74, 6) is 0.869. The summed E-state index contributed by atoms with van der Waals surface area (Å²) < 4.78 is 31.4. The van der Waals surface area contributed by atoms with E-state index in [-0.39, 0.29) is 10.8 Å². The molecule has 2 aromatic rings. The highest BCUT2D eigenvalue weighted by molar-refractivity contribution is 7.89. The number of rotatable bonds is 4. The number of benzene rings is 1. The molecule has 5 nitrogen and oxygen atoms in total. The minimum atomic E-state index is -3.66. The first-order valence-corrected chi connectivity index (χ1v) is 7.75. The number of ether oxygens (including phenoxy) is 1. The van der Waals surface area contributed by atoms with Crippen molar-refractivity contribution in [2.24, 2.45) is 0 Å². The molecule has 0 fully saturated rings. The number of nitrogens with zero attached hydrogens (tertiary/aromatic N) is 2. The highest BCUT2D eigenvalue weighted by Gasteiger charge is 2.22. The van der Waals surface area contributed by atoms with E-state index in [4.69, 9.17) is 4.74 Å². The maximum atomic E-state index is 12.5. The van der Waals surface area contributed by atoms with E-state index in [0.717, 1.165) is 9.65 Å². The smallest absolute Gasteiger partial charge is 0.283 e. The van der Waals surface area contributed by atoms with Crippen molar-refractivity contribution in [1.82, 2.24) is 9.19 Å². The molecule has 0 radical (unpaired) electrons. The van der Waals surface area contributed by atoms with Crippen molar-refractivity contribution in [3.63, 3.8) is 0 Å². The first-order chi connectivity index (χ1) is 9.37. The summed E-state index contributed by atoms with van der Waals surface area (Å²) in [4.78, 5) is 0.255. The average molecular weight is 294 g/mol. The van der Waals surface area contributed by atoms with Crippen LogP contribution in [-0.4, -0.2) is 24.7 Å². The van der Waals surface area contributed by atoms with E-state index in [1.807, 2.05) is 13.8 Å². The van der Waals surface area contributed by atoms with Crippen LogP contribution in [0.1, 0.15) is 30.9 Å². The van der Waals surface area contributed by atoms with E-state index in [2.05, 4.69) is 5.10 Å². The normalized spacial score (nSPS) is 11.8. The van der Waals surface area contributed by atoms with Gasteiger partial charge in [0.2, 0.25) is 0 Å². The summed E-state index contributed by atoms with van der Waals surface area (Å²) in [5, 5.41) is 3.82. The average Bonchev–Trinajstić information content (AvgIpc) is 2.92. The maximum absolute atomic E-state index is 12.5. The van der Waals surface area contributed by atoms with Gasteiger partial charge in [-0.15, -0.1) is 0 Å². The quantitative estimate of drug-likeness (QED) is 0.869. The third-order valence-electron chi connectivity index (χ3n) is 3.15. The Morgan fingerprint density at radius 3 is 2.50 bits per heavy atom. The van der Waals surface area contributed by atoms with Crippen LogP contribution in [-0.2, 0) is 10.0 Å². The van der Waals surface area contributed by atoms with Gasteiger partial charge in [0, 0.05) is 6.20 Å². The SMILES string of the molecule is COc1cc(C)c(S(=O)(=O)n2cccn2)cc1C(C)C. The van der Waals surface area contributed by atoms with Crippen molar-refractivity contribution in [2.75, 3.05) is 7.11 Å². The number of hydrogen-bond acceptors (Lipinski definition) is 4. The van der Waals surface area contributed by atoms with Gasteiger partial charge < -0.3 is 4.74 Å². The third kappa shape index (κ3) is 2.43. The molecule has 0 amide bonds. The zero-order chi connectivity index (χ0) is 14.9. The number of hydrogen-bond donors (Lipinski definition) is 0. The second-order valence-electron chi connectivity index (χ2n) is 4.90. The molecule has 0 aliphatic rings. The lowest BCUT2D eigenvalue weighted by Gasteiger charge is -2.16. The minimum absolute atomic E-state index is 0.164. The van der Waals surface area contributed by atoms with E-state index < -0.39 is 10.0 Å². The second-order valence-corrected chi connectivity index (χ2v) is 6.66. The Morgan fingerprint density at radius 1 is 1.30 bits per heavy atom. The topological polar surface area (TPSA) is 61.2 Å². The molecule has 0 aliphatic carbocycles. The number of aryl methyl sites for hydroxylation is 1. The first kappa shape index (κ1) is 14.6. The molecule has 1 heterocycles. The summed E-state index contributed by atoms with van der Waals surface area (Å²) in [6.07, 6.45) is 2.87. The van der Waals surface area contributed by atoms with E-state index in [1.165, 1.54) is 12.4 Å². The lowest BCUT2D eigenvalue weighted by Crippen LogP contribution is -2.15. The fraction of sp³-hybridized carbons (Fsp3) is 0.357. The minimum Gasteiger partial charge on any atom is -0.496 e. The summed E-state index contributed by atoms with van der Waals surface area (Å²) in [6.45, 7) is 5.75. The molecular weight excluding hydrogens is 276 g/mol. The third-order valence-corrected chi connectivity index (χ3v) is 4.86. The van der Waals surface area contributed by atoms with Crippen molar-refractivity contribution in [2.45, 2.75) is 31.6 Å². The Bertz CT molecular complexity index is 704. The van der Waals surface area contributed by atoms with Crippen LogP contribution >= 0.6 is 0 Å². The molecule has 1 aromatic carbocycles. The molecule has 1 aromatic heterocycles. The molecule has 2 rings (SSSR count). The Kier molecular flexibility index (Phi) is 3.85. The number of methoxy groups -OCH3 is 1. The zero-order valence-electron chi connectivity index (χ0n) is 12.0. The van der Waals surface area contributed by atoms with E-state index in [1.54, 1.807) is 32.2 Å². The van der Waals surface area contributed by atoms with E-state index in [0.29, 0.717) is 11.3 Å². The predicted molar refractivity (Wildman–Crippen MR) is 76.6 cm³/mol. The van der Waals surface area contributed by atoms with Crippen LogP contribution in [0.2, 0.25) is 0 Å². The van der Waals surface area contributed by atoms with E-state index >= 15 is 0 Å². The van der Waals surface area contributed by atoms with Crippen LogP contribution in [0.3, 0.4) is 0 Å². The molecule has 6 heteroatoms. The molecule has 0 atom stereocenters. The van der Waals surface area contributed by atoms with E-state index in [9.17, 15) is 8.42 Å². The summed E-state index contributed by atoms with van der Waals surface area (Å²) in [5.41, 5.74) is 1.51. The van der Waals surface area contributed by atoms with Crippen molar-refractivity contribution in [3.8, 4) is 5.75 Å². The van der Waals surface area contributed by atoms with Crippen LogP contribution in [0, 0.1) is 6.92 Å². The Labute approximate surface area is 119 Å². The van der Waals surface area contributed by atoms with Gasteiger partial charge in [-0.25, -0.2) is 0 Å². The largest absolute Gasteiger partial charge is 0.496 e. The summed E-state index contributed by atoms with van der Waals surface area (Å²) >= 11 is 0. The molecule has 0 spiro atoms. The van der Waals surface area contributed by atoms with Crippen molar-refractivity contribution in [1.29, 1.82) is 0 Å². The molecule has 108 valence electrons. The predicted octanol–water partition coefficient (Wildman–Crippen LogP) is 2.56. The maximum Gasteiger partial charge on any atom is 0.283 e. The molecule has 0 bridgehead atoms. The summed E-state index contributed by atoms with van der Waals surface area (Å²) in [7, 11) is -2.07. The second kappa shape index (κ2) is 5.28. The lowest BCUT2D eigenvalue weighted by atomic mass is 10.0. The number of aromatic nitrogens is 2. The van der Waals surface area contributed by atoms with Gasteiger partial charge in [-0.3, -0.25) is 0 Å². The summed E-state index contributed by atoms with van der Waals surface area (Å²) in [6, 6.07) is 5.02. The lowest BCUT2D eigenvalue weighted by molar-refractivity contribution is 0.406. The van der Waals surface area contributed by atoms with Gasteiger partial charge in [0.25, 0.3) is 10.0 Å². The molecule has 0 saturated heterocycles. The molecule has 20 heavy (non-hydrogen) atoms. The van der Waals surface area contributed by atoms with Gasteiger partial charge in [0.05, 0.1) is 18.2 Å². The molecule has 0 aliphatic heterocycles. The highest BCUT2D eigenvalue weighted by atomic mass is 32.2. The van der Waals surface area contributed by atoms with Gasteiger partial charge in [0.1, 0.15) is 5.75 Å². The Balaban J connectivity index is 2.67. The van der Waals surface area contributed by atoms with Crippen LogP contribution in [0.4, 0.5) is 0 Å². The highest BCUT2D eigenvalue weighted by Crippen LogP contribution is 2.32. The molecule has 0 N–H and O–H groups in total. The first-order valence-electron chi connectivity index (χ1n) is 6.31. The van der Waals surface area contributed by atoms with Gasteiger partial charge in [-0.1, -0.05) is 13.8 Å². The van der Waals surface area contributed by atoms with Crippen LogP contribution in [0.15, 0.2) is 35.5 Å². The fourth-order valence-electron chi connectivity index (χ4n) is 2.08. The van der Waals surface area contributed by atoms with Crippen LogP contribution in [0.5, 0.6) is 5.75 Å². The fourth-order valence-corrected chi connectivity index (χ4v) is 3.43. The monoisotopic (exact) mass is 294 g/mol. The van der Waals surface area contributed by atoms with Gasteiger partial charge >= 0.3 is 0 Å². The van der Waals surface area contributed by atoms with Crippen molar-refractivity contribution >= 4 is 10.0 Å². The molecule has 0 unspecified atom stereocenters.